The molecule has 0 saturated heterocycles. The van der Waals surface area contributed by atoms with Crippen LogP contribution in [-0.2, 0) is 22.4 Å². The quantitative estimate of drug-likeness (QED) is 0.333. The Morgan fingerprint density at radius 1 is 1.03 bits per heavy atom. The van der Waals surface area contributed by atoms with E-state index in [4.69, 9.17) is 13.9 Å². The summed E-state index contributed by atoms with van der Waals surface area (Å²) in [4.78, 5) is 16.3. The van der Waals surface area contributed by atoms with Crippen molar-refractivity contribution in [1.82, 2.24) is 4.98 Å². The van der Waals surface area contributed by atoms with Crippen molar-refractivity contribution in [2.24, 2.45) is 5.92 Å². The number of nitrogens with zero attached hydrogens (tertiary/aromatic N) is 1. The van der Waals surface area contributed by atoms with Crippen LogP contribution in [0.2, 0.25) is 0 Å². The number of rotatable bonds is 8. The first kappa shape index (κ1) is 21.6. The molecule has 0 spiro atoms. The minimum absolute atomic E-state index is 0.164. The molecular weight excluding hydrogens is 402 g/mol. The second-order valence-electron chi connectivity index (χ2n) is 7.96. The second-order valence-corrected chi connectivity index (χ2v) is 7.96. The van der Waals surface area contributed by atoms with Gasteiger partial charge in [0.05, 0.1) is 25.3 Å². The Balaban J connectivity index is 1.38. The topological polar surface area (TPSA) is 61.6 Å². The van der Waals surface area contributed by atoms with Crippen molar-refractivity contribution in [3.63, 3.8) is 0 Å². The molecule has 1 aromatic heterocycles. The number of hydrogen-bond acceptors (Lipinski definition) is 5. The number of methoxy groups -OCH3 is 1. The van der Waals surface area contributed by atoms with Crippen molar-refractivity contribution >= 4 is 16.7 Å². The van der Waals surface area contributed by atoms with E-state index >= 15 is 0 Å². The van der Waals surface area contributed by atoms with Crippen LogP contribution in [0.4, 0.5) is 0 Å². The Kier molecular flexibility index (Phi) is 6.55. The summed E-state index contributed by atoms with van der Waals surface area (Å²) in [6.45, 7) is 4.33. The molecule has 0 unspecified atom stereocenters. The molecule has 5 heteroatoms. The summed E-state index contributed by atoms with van der Waals surface area (Å²) >= 11 is 0. The molecule has 0 aliphatic rings. The Bertz CT molecular complexity index is 1210. The zero-order valence-electron chi connectivity index (χ0n) is 18.6. The zero-order valence-corrected chi connectivity index (χ0v) is 18.6. The van der Waals surface area contributed by atoms with E-state index in [1.807, 2.05) is 62.4 Å². The SMILES string of the molecule is COC(=O)[C@@H](C)Cc1ccc2cc(OCCc3nc(-c4ccccc4)oc3C)ccc2c1. The standard InChI is InChI=1S/C27H27NO4/c1-18(27(29)30-3)15-20-9-10-23-17-24(12-11-22(23)16-20)31-14-13-25-19(2)32-26(28-25)21-7-5-4-6-8-21/h4-12,16-18H,13-15H2,1-3H3/t18-/m0/s1. The van der Waals surface area contributed by atoms with E-state index in [9.17, 15) is 4.79 Å². The number of oxazole rings is 1. The van der Waals surface area contributed by atoms with E-state index in [2.05, 4.69) is 23.2 Å². The van der Waals surface area contributed by atoms with Crippen LogP contribution in [0.25, 0.3) is 22.2 Å². The Labute approximate surface area is 188 Å². The number of carbonyl (C=O) groups excluding carboxylic acids is 1. The first-order valence-corrected chi connectivity index (χ1v) is 10.8. The van der Waals surface area contributed by atoms with Gasteiger partial charge in [0, 0.05) is 12.0 Å². The molecule has 3 aromatic carbocycles. The van der Waals surface area contributed by atoms with Crippen molar-refractivity contribution in [2.75, 3.05) is 13.7 Å². The van der Waals surface area contributed by atoms with Gasteiger partial charge >= 0.3 is 5.97 Å². The molecule has 0 aliphatic carbocycles. The Hall–Kier alpha value is -3.60. The minimum atomic E-state index is -0.188. The summed E-state index contributed by atoms with van der Waals surface area (Å²) in [5.74, 6) is 1.92. The van der Waals surface area contributed by atoms with Crippen molar-refractivity contribution in [2.45, 2.75) is 26.7 Å². The molecule has 5 nitrogen and oxygen atoms in total. The molecule has 0 bridgehead atoms. The summed E-state index contributed by atoms with van der Waals surface area (Å²) in [7, 11) is 1.42. The van der Waals surface area contributed by atoms with Crippen LogP contribution in [0.5, 0.6) is 5.75 Å². The smallest absolute Gasteiger partial charge is 0.308 e. The minimum Gasteiger partial charge on any atom is -0.493 e. The number of hydrogen-bond donors (Lipinski definition) is 0. The van der Waals surface area contributed by atoms with E-state index in [0.29, 0.717) is 25.3 Å². The van der Waals surface area contributed by atoms with Crippen molar-refractivity contribution in [3.8, 4) is 17.2 Å². The molecule has 0 saturated carbocycles. The number of benzene rings is 3. The first-order valence-electron chi connectivity index (χ1n) is 10.8. The van der Waals surface area contributed by atoms with Gasteiger partial charge in [0.25, 0.3) is 0 Å². The molecule has 0 fully saturated rings. The molecule has 1 heterocycles. The first-order chi connectivity index (χ1) is 15.5. The molecular formula is C27H27NO4. The van der Waals surface area contributed by atoms with Gasteiger partial charge in [0.2, 0.25) is 5.89 Å². The van der Waals surface area contributed by atoms with Crippen LogP contribution in [-0.4, -0.2) is 24.7 Å². The van der Waals surface area contributed by atoms with Crippen LogP contribution in [0.15, 0.2) is 71.1 Å². The van der Waals surface area contributed by atoms with Gasteiger partial charge in [-0.05, 0) is 53.9 Å². The van der Waals surface area contributed by atoms with Crippen LogP contribution < -0.4 is 4.74 Å². The monoisotopic (exact) mass is 429 g/mol. The Morgan fingerprint density at radius 3 is 2.56 bits per heavy atom. The van der Waals surface area contributed by atoms with Gasteiger partial charge in [-0.25, -0.2) is 4.98 Å². The zero-order chi connectivity index (χ0) is 22.5. The second kappa shape index (κ2) is 9.69. The number of aryl methyl sites for hydroxylation is 1. The number of ether oxygens (including phenoxy) is 2. The van der Waals surface area contributed by atoms with Crippen molar-refractivity contribution in [3.05, 3.63) is 83.7 Å². The number of aromatic nitrogens is 1. The molecule has 4 rings (SSSR count). The summed E-state index contributed by atoms with van der Waals surface area (Å²) in [5.41, 5.74) is 2.99. The molecule has 0 amide bonds. The summed E-state index contributed by atoms with van der Waals surface area (Å²) in [6, 6.07) is 22.2. The lowest BCUT2D eigenvalue weighted by molar-refractivity contribution is -0.144. The van der Waals surface area contributed by atoms with Gasteiger partial charge < -0.3 is 13.9 Å². The lowest BCUT2D eigenvalue weighted by Gasteiger charge is -2.11. The maximum atomic E-state index is 11.7. The largest absolute Gasteiger partial charge is 0.493 e. The van der Waals surface area contributed by atoms with E-state index in [1.165, 1.54) is 7.11 Å². The fraction of sp³-hybridized carbons (Fsp3) is 0.259. The van der Waals surface area contributed by atoms with Gasteiger partial charge in [-0.3, -0.25) is 4.79 Å². The Morgan fingerprint density at radius 2 is 1.78 bits per heavy atom. The van der Waals surface area contributed by atoms with Crippen LogP contribution >= 0.6 is 0 Å². The average molecular weight is 430 g/mol. The summed E-state index contributed by atoms with van der Waals surface area (Å²) in [5, 5.41) is 2.22. The van der Waals surface area contributed by atoms with E-state index < -0.39 is 0 Å². The maximum absolute atomic E-state index is 11.7. The highest BCUT2D eigenvalue weighted by Gasteiger charge is 2.14. The lowest BCUT2D eigenvalue weighted by atomic mass is 9.98. The highest BCUT2D eigenvalue weighted by atomic mass is 16.5. The summed E-state index contributed by atoms with van der Waals surface area (Å²) < 4.78 is 16.6. The van der Waals surface area contributed by atoms with Gasteiger partial charge in [-0.15, -0.1) is 0 Å². The van der Waals surface area contributed by atoms with Gasteiger partial charge in [-0.1, -0.05) is 49.4 Å². The van der Waals surface area contributed by atoms with Gasteiger partial charge in [0.1, 0.15) is 11.5 Å². The predicted octanol–water partition coefficient (Wildman–Crippen LogP) is 5.78. The average Bonchev–Trinajstić information content (AvgIpc) is 3.19. The van der Waals surface area contributed by atoms with Crippen LogP contribution in [0.3, 0.4) is 0 Å². The van der Waals surface area contributed by atoms with Crippen LogP contribution in [0, 0.1) is 12.8 Å². The third-order valence-corrected chi connectivity index (χ3v) is 5.54. The van der Waals surface area contributed by atoms with Crippen molar-refractivity contribution in [1.29, 1.82) is 0 Å². The van der Waals surface area contributed by atoms with Crippen LogP contribution in [0.1, 0.15) is 23.9 Å². The molecule has 0 N–H and O–H groups in total. The van der Waals surface area contributed by atoms with E-state index in [-0.39, 0.29) is 11.9 Å². The fourth-order valence-electron chi connectivity index (χ4n) is 3.76. The molecule has 32 heavy (non-hydrogen) atoms. The molecule has 4 aromatic rings. The fourth-order valence-corrected chi connectivity index (χ4v) is 3.76. The van der Waals surface area contributed by atoms with E-state index in [0.717, 1.165) is 39.1 Å². The highest BCUT2D eigenvalue weighted by molar-refractivity contribution is 5.84. The number of esters is 1. The highest BCUT2D eigenvalue weighted by Crippen LogP contribution is 2.25. The van der Waals surface area contributed by atoms with Gasteiger partial charge in [-0.2, -0.15) is 0 Å². The molecule has 1 atom stereocenters. The summed E-state index contributed by atoms with van der Waals surface area (Å²) in [6.07, 6.45) is 1.33. The molecule has 0 radical (unpaired) electrons. The lowest BCUT2D eigenvalue weighted by Crippen LogP contribution is -2.15. The molecule has 164 valence electrons. The van der Waals surface area contributed by atoms with Gasteiger partial charge in [0.15, 0.2) is 0 Å². The predicted molar refractivity (Wildman–Crippen MR) is 125 cm³/mol. The number of fused-ring (bicyclic) bond motifs is 1. The number of carbonyl (C=O) groups is 1. The third-order valence-electron chi connectivity index (χ3n) is 5.54. The maximum Gasteiger partial charge on any atom is 0.308 e. The van der Waals surface area contributed by atoms with Crippen molar-refractivity contribution < 1.29 is 18.7 Å². The van der Waals surface area contributed by atoms with E-state index in [1.54, 1.807) is 0 Å². The molecule has 0 aliphatic heterocycles. The normalized spacial score (nSPS) is 12.0. The third kappa shape index (κ3) is 4.99.